The Morgan fingerprint density at radius 3 is 2.92 bits per heavy atom. The molecule has 0 bridgehead atoms. The second-order valence-corrected chi connectivity index (χ2v) is 4.56. The van der Waals surface area contributed by atoms with Crippen LogP contribution >= 0.6 is 0 Å². The Bertz CT molecular complexity index is 968. The lowest BCUT2D eigenvalue weighted by Gasteiger charge is -2.03. The first-order valence-corrected chi connectivity index (χ1v) is 6.52. The van der Waals surface area contributed by atoms with Crippen LogP contribution in [-0.4, -0.2) is 41.3 Å². The van der Waals surface area contributed by atoms with Gasteiger partial charge in [0.05, 0.1) is 5.56 Å². The Morgan fingerprint density at radius 2 is 2.21 bits per heavy atom. The third-order valence-corrected chi connectivity index (χ3v) is 2.90. The van der Waals surface area contributed by atoms with Gasteiger partial charge in [0, 0.05) is 7.05 Å². The van der Waals surface area contributed by atoms with Gasteiger partial charge < -0.3 is 14.4 Å². The summed E-state index contributed by atoms with van der Waals surface area (Å²) in [4.78, 5) is 11.0. The molecule has 0 radical (unpaired) electrons. The zero-order chi connectivity index (χ0) is 17.1. The van der Waals surface area contributed by atoms with E-state index in [4.69, 9.17) is 9.84 Å². The van der Waals surface area contributed by atoms with Crippen molar-refractivity contribution in [1.82, 2.24) is 30.2 Å². The predicted octanol–water partition coefficient (Wildman–Crippen LogP) is 0.963. The molecule has 3 aromatic rings. The fraction of sp³-hybridized carbons (Fsp3) is 0.0714. The summed E-state index contributed by atoms with van der Waals surface area (Å²) in [5.74, 6) is 3.76. The number of nitrogens with one attached hydrogen (secondary N) is 1. The van der Waals surface area contributed by atoms with E-state index in [2.05, 4.69) is 37.4 Å². The maximum Gasteiger partial charge on any atom is 0.359 e. The summed E-state index contributed by atoms with van der Waals surface area (Å²) in [5.41, 5.74) is -0.262. The molecule has 0 unspecified atom stereocenters. The molecule has 2 heterocycles. The first kappa shape index (κ1) is 15.2. The summed E-state index contributed by atoms with van der Waals surface area (Å²) < 4.78 is 20.8. The normalized spacial score (nSPS) is 10.1. The number of carboxylic acids is 1. The molecule has 120 valence electrons. The first-order valence-electron chi connectivity index (χ1n) is 6.52. The fourth-order valence-electron chi connectivity index (χ4n) is 1.72. The molecular weight excluding hydrogens is 319 g/mol. The highest BCUT2D eigenvalue weighted by molar-refractivity contribution is 5.87. The van der Waals surface area contributed by atoms with Crippen LogP contribution in [0.4, 0.5) is 4.39 Å². The van der Waals surface area contributed by atoms with E-state index < -0.39 is 11.8 Å². The summed E-state index contributed by atoms with van der Waals surface area (Å²) in [6.45, 7) is 0. The number of hydrogen-bond acceptors (Lipinski definition) is 6. The molecule has 0 aliphatic heterocycles. The van der Waals surface area contributed by atoms with Crippen molar-refractivity contribution in [2.24, 2.45) is 7.05 Å². The lowest BCUT2D eigenvalue weighted by molar-refractivity contribution is 0.0687. The number of ether oxygens (including phenoxy) is 1. The first-order chi connectivity index (χ1) is 11.5. The number of carboxylic acid groups (broad SMARTS) is 1. The number of H-pyrrole nitrogens is 1. The number of rotatable bonds is 3. The molecule has 0 aliphatic rings. The minimum atomic E-state index is -1.28. The molecule has 0 saturated heterocycles. The van der Waals surface area contributed by atoms with Gasteiger partial charge in [-0.2, -0.15) is 0 Å². The molecule has 0 aliphatic carbocycles. The van der Waals surface area contributed by atoms with Crippen LogP contribution in [0.1, 0.15) is 21.9 Å². The van der Waals surface area contributed by atoms with Crippen LogP contribution in [0, 0.1) is 17.7 Å². The van der Waals surface area contributed by atoms with E-state index in [1.165, 1.54) is 18.5 Å². The smallest absolute Gasteiger partial charge is 0.359 e. The van der Waals surface area contributed by atoms with Gasteiger partial charge in [0.2, 0.25) is 11.5 Å². The number of aryl methyl sites for hydroxylation is 1. The topological polar surface area (TPSA) is 119 Å². The van der Waals surface area contributed by atoms with Gasteiger partial charge in [0.1, 0.15) is 17.9 Å². The Morgan fingerprint density at radius 1 is 1.38 bits per heavy atom. The number of nitrogens with zero attached hydrogens (tertiary/aromatic N) is 5. The minimum absolute atomic E-state index is 0.0517. The van der Waals surface area contributed by atoms with Crippen molar-refractivity contribution in [3.8, 4) is 23.5 Å². The standard InChI is InChI=1S/C14H9FN6O3/c1-21-7-16-17-11(21)5-2-8-6-9(3-4-10(8)15)24-13-12(14(22)23)18-20-19-13/h3-4,6-7H,1H3,(H,22,23)(H,18,19,20). The van der Waals surface area contributed by atoms with E-state index in [9.17, 15) is 9.18 Å². The van der Waals surface area contributed by atoms with Crippen molar-refractivity contribution in [1.29, 1.82) is 0 Å². The van der Waals surface area contributed by atoms with E-state index in [-0.39, 0.29) is 22.9 Å². The van der Waals surface area contributed by atoms with Crippen LogP contribution in [0.15, 0.2) is 24.5 Å². The number of carbonyl (C=O) groups is 1. The fourth-order valence-corrected chi connectivity index (χ4v) is 1.72. The van der Waals surface area contributed by atoms with E-state index in [0.29, 0.717) is 5.82 Å². The average Bonchev–Trinajstić information content (AvgIpc) is 3.17. The SMILES string of the molecule is Cn1cnnc1C#Cc1cc(Oc2nn[nH]c2C(=O)O)ccc1F. The van der Waals surface area contributed by atoms with E-state index in [0.717, 1.165) is 6.07 Å². The number of aromatic amines is 1. The molecule has 0 saturated carbocycles. The zero-order valence-corrected chi connectivity index (χ0v) is 12.2. The van der Waals surface area contributed by atoms with Gasteiger partial charge >= 0.3 is 5.97 Å². The maximum absolute atomic E-state index is 13.9. The van der Waals surface area contributed by atoms with Crippen molar-refractivity contribution in [2.75, 3.05) is 0 Å². The number of hydrogen-bond donors (Lipinski definition) is 2. The highest BCUT2D eigenvalue weighted by atomic mass is 19.1. The Balaban J connectivity index is 1.89. The quantitative estimate of drug-likeness (QED) is 0.687. The number of halogens is 1. The molecule has 0 spiro atoms. The molecule has 10 heteroatoms. The van der Waals surface area contributed by atoms with Crippen LogP contribution < -0.4 is 4.74 Å². The van der Waals surface area contributed by atoms with Gasteiger partial charge in [-0.1, -0.05) is 16.2 Å². The van der Waals surface area contributed by atoms with Gasteiger partial charge in [-0.3, -0.25) is 0 Å². The summed E-state index contributed by atoms with van der Waals surface area (Å²) in [7, 11) is 1.71. The third kappa shape index (κ3) is 3.05. The molecule has 24 heavy (non-hydrogen) atoms. The zero-order valence-electron chi connectivity index (χ0n) is 12.2. The largest absolute Gasteiger partial charge is 0.476 e. The number of aromatic carboxylic acids is 1. The number of benzene rings is 1. The molecule has 2 aromatic heterocycles. The molecule has 0 amide bonds. The van der Waals surface area contributed by atoms with Crippen molar-refractivity contribution >= 4 is 5.97 Å². The van der Waals surface area contributed by atoms with Crippen LogP contribution in [0.3, 0.4) is 0 Å². The molecule has 3 rings (SSSR count). The van der Waals surface area contributed by atoms with Gasteiger partial charge in [-0.25, -0.2) is 14.3 Å². The molecule has 9 nitrogen and oxygen atoms in total. The van der Waals surface area contributed by atoms with Gasteiger partial charge in [-0.15, -0.1) is 10.2 Å². The van der Waals surface area contributed by atoms with Crippen LogP contribution in [0.5, 0.6) is 11.6 Å². The predicted molar refractivity (Wildman–Crippen MR) is 76.8 cm³/mol. The highest BCUT2D eigenvalue weighted by Crippen LogP contribution is 2.23. The van der Waals surface area contributed by atoms with Crippen LogP contribution in [-0.2, 0) is 7.05 Å². The van der Waals surface area contributed by atoms with E-state index in [1.807, 2.05) is 0 Å². The van der Waals surface area contributed by atoms with Crippen LogP contribution in [0.2, 0.25) is 0 Å². The monoisotopic (exact) mass is 328 g/mol. The summed E-state index contributed by atoms with van der Waals surface area (Å²) in [5, 5.41) is 25.5. The molecule has 0 fully saturated rings. The molecule has 0 atom stereocenters. The second kappa shape index (κ2) is 6.17. The van der Waals surface area contributed by atoms with Gasteiger partial charge in [0.25, 0.3) is 5.88 Å². The summed E-state index contributed by atoms with van der Waals surface area (Å²) in [6.07, 6.45) is 1.47. The van der Waals surface area contributed by atoms with E-state index >= 15 is 0 Å². The Hall–Kier alpha value is -3.74. The van der Waals surface area contributed by atoms with Gasteiger partial charge in [0.15, 0.2) is 0 Å². The van der Waals surface area contributed by atoms with Crippen molar-refractivity contribution in [3.63, 3.8) is 0 Å². The molecule has 2 N–H and O–H groups in total. The van der Waals surface area contributed by atoms with E-state index in [1.54, 1.807) is 11.6 Å². The van der Waals surface area contributed by atoms with Gasteiger partial charge in [-0.05, 0) is 24.1 Å². The summed E-state index contributed by atoms with van der Waals surface area (Å²) in [6, 6.07) is 3.79. The second-order valence-electron chi connectivity index (χ2n) is 4.56. The average molecular weight is 328 g/mol. The van der Waals surface area contributed by atoms with Crippen molar-refractivity contribution in [2.45, 2.75) is 0 Å². The lowest BCUT2D eigenvalue weighted by atomic mass is 10.2. The number of aromatic nitrogens is 6. The van der Waals surface area contributed by atoms with Crippen LogP contribution in [0.25, 0.3) is 0 Å². The minimum Gasteiger partial charge on any atom is -0.476 e. The maximum atomic E-state index is 13.9. The molecule has 1 aromatic carbocycles. The van der Waals surface area contributed by atoms with Crippen molar-refractivity contribution in [3.05, 3.63) is 47.4 Å². The molecular formula is C14H9FN6O3. The van der Waals surface area contributed by atoms with Crippen molar-refractivity contribution < 1.29 is 19.0 Å². The Kier molecular flexibility index (Phi) is 3.90. The summed E-state index contributed by atoms with van der Waals surface area (Å²) >= 11 is 0. The lowest BCUT2D eigenvalue weighted by Crippen LogP contribution is -2.00. The highest BCUT2D eigenvalue weighted by Gasteiger charge is 2.17. The Labute approximate surface area is 134 Å². The third-order valence-electron chi connectivity index (χ3n) is 2.90.